The first-order valence-corrected chi connectivity index (χ1v) is 8.78. The van der Waals surface area contributed by atoms with Gasteiger partial charge in [-0.15, -0.1) is 6.58 Å². The second-order valence-corrected chi connectivity index (χ2v) is 7.16. The number of carbonyl (C=O) groups excluding carboxylic acids is 2. The molecule has 0 aromatic heterocycles. The van der Waals surface area contributed by atoms with E-state index in [-0.39, 0.29) is 17.2 Å². The van der Waals surface area contributed by atoms with Gasteiger partial charge in [-0.2, -0.15) is 0 Å². The van der Waals surface area contributed by atoms with Crippen LogP contribution in [-0.4, -0.2) is 41.2 Å². The number of benzene rings is 1. The minimum absolute atomic E-state index is 0.0884. The highest BCUT2D eigenvalue weighted by Crippen LogP contribution is 2.40. The third-order valence-electron chi connectivity index (χ3n) is 5.31. The summed E-state index contributed by atoms with van der Waals surface area (Å²) in [5.74, 6) is 0.314. The molecule has 1 aromatic rings. The molecule has 4 nitrogen and oxygen atoms in total. The largest absolute Gasteiger partial charge is 0.341 e. The van der Waals surface area contributed by atoms with Crippen LogP contribution in [0.4, 0.5) is 0 Å². The van der Waals surface area contributed by atoms with Crippen LogP contribution in [0, 0.1) is 12.3 Å². The number of rotatable bonds is 4. The summed E-state index contributed by atoms with van der Waals surface area (Å²) in [6.07, 6.45) is 4.70. The first kappa shape index (κ1) is 16.7. The first-order valence-electron chi connectivity index (χ1n) is 8.78. The number of aryl methyl sites for hydroxylation is 1. The van der Waals surface area contributed by atoms with Crippen molar-refractivity contribution in [1.82, 2.24) is 9.80 Å². The number of carbonyl (C=O) groups is 2. The molecule has 4 heteroatoms. The highest BCUT2D eigenvalue weighted by Gasteiger charge is 2.49. The zero-order chi connectivity index (χ0) is 17.2. The van der Waals surface area contributed by atoms with Crippen molar-refractivity contribution in [2.45, 2.75) is 39.2 Å². The topological polar surface area (TPSA) is 40.6 Å². The van der Waals surface area contributed by atoms with Gasteiger partial charge >= 0.3 is 0 Å². The molecule has 3 rings (SSSR count). The Balaban J connectivity index is 1.71. The second kappa shape index (κ2) is 6.80. The third kappa shape index (κ3) is 3.23. The van der Waals surface area contributed by atoms with Crippen molar-refractivity contribution in [2.75, 3.05) is 19.6 Å². The fraction of sp³-hybridized carbons (Fsp3) is 0.500. The molecule has 128 valence electrons. The maximum atomic E-state index is 13.1. The van der Waals surface area contributed by atoms with E-state index in [9.17, 15) is 9.59 Å². The normalized spacial score (nSPS) is 23.8. The van der Waals surface area contributed by atoms with Crippen molar-refractivity contribution in [1.29, 1.82) is 0 Å². The maximum absolute atomic E-state index is 13.1. The molecule has 0 radical (unpaired) electrons. The van der Waals surface area contributed by atoms with E-state index in [1.54, 1.807) is 6.08 Å². The van der Waals surface area contributed by atoms with Crippen molar-refractivity contribution < 1.29 is 9.59 Å². The Morgan fingerprint density at radius 3 is 2.92 bits per heavy atom. The summed E-state index contributed by atoms with van der Waals surface area (Å²) < 4.78 is 0. The number of likely N-dealkylation sites (tertiary alicyclic amines) is 2. The first-order chi connectivity index (χ1) is 11.5. The Kier molecular flexibility index (Phi) is 4.74. The molecule has 1 unspecified atom stereocenters. The van der Waals surface area contributed by atoms with Gasteiger partial charge in [0.2, 0.25) is 11.8 Å². The van der Waals surface area contributed by atoms with E-state index < -0.39 is 0 Å². The Bertz CT molecular complexity index is 655. The van der Waals surface area contributed by atoms with Gasteiger partial charge in [0, 0.05) is 32.6 Å². The fourth-order valence-corrected chi connectivity index (χ4v) is 4.05. The molecule has 2 saturated heterocycles. The molecule has 2 aliphatic heterocycles. The number of hydrogen-bond acceptors (Lipinski definition) is 2. The van der Waals surface area contributed by atoms with Crippen molar-refractivity contribution in [3.63, 3.8) is 0 Å². The van der Waals surface area contributed by atoms with Gasteiger partial charge in [-0.3, -0.25) is 9.59 Å². The lowest BCUT2D eigenvalue weighted by Crippen LogP contribution is -2.50. The molecule has 0 aliphatic carbocycles. The van der Waals surface area contributed by atoms with Crippen LogP contribution in [-0.2, 0) is 16.1 Å². The number of piperidine rings is 1. The van der Waals surface area contributed by atoms with Gasteiger partial charge < -0.3 is 9.80 Å². The minimum Gasteiger partial charge on any atom is -0.341 e. The molecular weight excluding hydrogens is 300 g/mol. The molecule has 0 N–H and O–H groups in total. The lowest BCUT2D eigenvalue weighted by Gasteiger charge is -2.39. The van der Waals surface area contributed by atoms with E-state index in [2.05, 4.69) is 31.7 Å². The van der Waals surface area contributed by atoms with Crippen molar-refractivity contribution in [3.8, 4) is 0 Å². The minimum atomic E-state index is -0.362. The number of amides is 2. The molecule has 0 bridgehead atoms. The highest BCUT2D eigenvalue weighted by molar-refractivity contribution is 5.86. The number of nitrogens with zero attached hydrogens (tertiary/aromatic N) is 2. The summed E-state index contributed by atoms with van der Waals surface area (Å²) in [7, 11) is 0. The molecule has 2 fully saturated rings. The monoisotopic (exact) mass is 326 g/mol. The van der Waals surface area contributed by atoms with Crippen LogP contribution in [0.2, 0.25) is 0 Å². The second-order valence-electron chi connectivity index (χ2n) is 7.16. The molecule has 1 spiro atoms. The van der Waals surface area contributed by atoms with Crippen LogP contribution in [0.3, 0.4) is 0 Å². The van der Waals surface area contributed by atoms with Crippen LogP contribution in [0.1, 0.15) is 36.8 Å². The van der Waals surface area contributed by atoms with E-state index in [0.29, 0.717) is 26.1 Å². The summed E-state index contributed by atoms with van der Waals surface area (Å²) in [6, 6.07) is 8.34. The predicted octanol–water partition coefficient (Wildman–Crippen LogP) is 2.91. The van der Waals surface area contributed by atoms with Crippen LogP contribution < -0.4 is 0 Å². The zero-order valence-corrected chi connectivity index (χ0v) is 14.5. The van der Waals surface area contributed by atoms with E-state index in [1.807, 2.05) is 15.9 Å². The smallest absolute Gasteiger partial charge is 0.230 e. The third-order valence-corrected chi connectivity index (χ3v) is 5.31. The summed E-state index contributed by atoms with van der Waals surface area (Å²) in [4.78, 5) is 29.1. The Hall–Kier alpha value is -2.10. The van der Waals surface area contributed by atoms with E-state index >= 15 is 0 Å². The molecule has 1 atom stereocenters. The standard InChI is InChI=1S/C20H26N2O2/c1-3-6-18(23)22-12-10-20(15-22)9-5-11-21(19(20)24)14-17-8-4-7-16(2)13-17/h3-4,7-8,13H,1,5-6,9-12,14-15H2,2H3. The van der Waals surface area contributed by atoms with Gasteiger partial charge in [0.15, 0.2) is 0 Å². The van der Waals surface area contributed by atoms with E-state index in [1.165, 1.54) is 11.1 Å². The molecule has 2 heterocycles. The Labute approximate surface area is 144 Å². The van der Waals surface area contributed by atoms with Crippen molar-refractivity contribution in [3.05, 3.63) is 48.0 Å². The molecular formula is C20H26N2O2. The average molecular weight is 326 g/mol. The van der Waals surface area contributed by atoms with E-state index in [0.717, 1.165) is 25.8 Å². The van der Waals surface area contributed by atoms with Gasteiger partial charge in [-0.05, 0) is 31.7 Å². The van der Waals surface area contributed by atoms with Crippen LogP contribution in [0.5, 0.6) is 0 Å². The van der Waals surface area contributed by atoms with Crippen LogP contribution in [0.15, 0.2) is 36.9 Å². The lowest BCUT2D eigenvalue weighted by molar-refractivity contribution is -0.146. The average Bonchev–Trinajstić information content (AvgIpc) is 2.98. The Morgan fingerprint density at radius 1 is 1.33 bits per heavy atom. The van der Waals surface area contributed by atoms with Gasteiger partial charge in [0.05, 0.1) is 5.41 Å². The van der Waals surface area contributed by atoms with Gasteiger partial charge in [-0.25, -0.2) is 0 Å². The number of hydrogen-bond donors (Lipinski definition) is 0. The fourth-order valence-electron chi connectivity index (χ4n) is 4.05. The molecule has 2 amide bonds. The van der Waals surface area contributed by atoms with E-state index in [4.69, 9.17) is 0 Å². The molecule has 24 heavy (non-hydrogen) atoms. The molecule has 2 aliphatic rings. The summed E-state index contributed by atoms with van der Waals surface area (Å²) in [6.45, 7) is 8.45. The summed E-state index contributed by atoms with van der Waals surface area (Å²) in [5, 5.41) is 0. The quantitative estimate of drug-likeness (QED) is 0.798. The van der Waals surface area contributed by atoms with Crippen LogP contribution >= 0.6 is 0 Å². The van der Waals surface area contributed by atoms with Crippen molar-refractivity contribution in [2.24, 2.45) is 5.41 Å². The molecule has 0 saturated carbocycles. The highest BCUT2D eigenvalue weighted by atomic mass is 16.2. The van der Waals surface area contributed by atoms with Gasteiger partial charge in [0.25, 0.3) is 0 Å². The summed E-state index contributed by atoms with van der Waals surface area (Å²) in [5.41, 5.74) is 2.03. The van der Waals surface area contributed by atoms with Crippen molar-refractivity contribution >= 4 is 11.8 Å². The zero-order valence-electron chi connectivity index (χ0n) is 14.5. The predicted molar refractivity (Wildman–Crippen MR) is 94.3 cm³/mol. The maximum Gasteiger partial charge on any atom is 0.230 e. The van der Waals surface area contributed by atoms with Gasteiger partial charge in [-0.1, -0.05) is 35.9 Å². The van der Waals surface area contributed by atoms with Gasteiger partial charge in [0.1, 0.15) is 0 Å². The summed E-state index contributed by atoms with van der Waals surface area (Å²) >= 11 is 0. The van der Waals surface area contributed by atoms with Crippen LogP contribution in [0.25, 0.3) is 0 Å². The Morgan fingerprint density at radius 2 is 2.17 bits per heavy atom. The lowest BCUT2D eigenvalue weighted by atomic mass is 9.78. The molecule has 1 aromatic carbocycles. The SMILES string of the molecule is C=CCC(=O)N1CCC2(CCCN(Cc3cccc(C)c3)C2=O)C1.